The van der Waals surface area contributed by atoms with Crippen molar-refractivity contribution < 1.29 is 47.7 Å². The summed E-state index contributed by atoms with van der Waals surface area (Å²) in [5, 5.41) is 36.1. The van der Waals surface area contributed by atoms with Crippen LogP contribution in [0.1, 0.15) is 146 Å². The number of aliphatic hydroxyl groups is 2. The van der Waals surface area contributed by atoms with Gasteiger partial charge in [0, 0.05) is 19.9 Å². The summed E-state index contributed by atoms with van der Waals surface area (Å²) < 4.78 is 49.7. The lowest BCUT2D eigenvalue weighted by Gasteiger charge is -2.28. The lowest BCUT2D eigenvalue weighted by Crippen LogP contribution is -2.48. The number of ether oxygens (including phenoxy) is 4. The zero-order valence-corrected chi connectivity index (χ0v) is 38.1. The molecule has 0 bridgehead atoms. The molecule has 1 aliphatic rings. The van der Waals surface area contributed by atoms with Gasteiger partial charge in [0.25, 0.3) is 0 Å². The molecular weight excluding hydrogens is 816 g/mol. The number of nitrogen functional groups attached to an aromatic ring is 1. The molecule has 1 saturated heterocycles. The van der Waals surface area contributed by atoms with Gasteiger partial charge in [-0.05, 0) is 50.1 Å². The van der Waals surface area contributed by atoms with E-state index in [2.05, 4.69) is 28.1 Å². The smallest absolute Gasteiger partial charge is 0.472 e. The number of aliphatic imine (C=N–C) groups is 1. The lowest BCUT2D eigenvalue weighted by atomic mass is 9.96. The second-order valence-electron chi connectivity index (χ2n) is 16.5. The molecule has 0 radical (unpaired) electrons. The van der Waals surface area contributed by atoms with E-state index in [1.807, 2.05) is 13.8 Å². The number of nitrogens with two attached hydrogens (primary N) is 1. The number of anilines is 1. The molecule has 1 aliphatic heterocycles. The molecule has 3 aromatic rings. The van der Waals surface area contributed by atoms with Gasteiger partial charge in [-0.3, -0.25) is 14.0 Å². The first-order chi connectivity index (χ1) is 29.9. The average molecular weight is 887 g/mol. The molecule has 16 nitrogen and oxygen atoms in total. The molecule has 0 amide bonds. The minimum absolute atomic E-state index is 0.0752. The molecule has 1 fully saturated rings. The van der Waals surface area contributed by atoms with Crippen molar-refractivity contribution >= 4 is 25.4 Å². The number of benzene rings is 1. The molecule has 17 heteroatoms. The van der Waals surface area contributed by atoms with E-state index in [1.165, 1.54) is 108 Å². The first-order valence-electron chi connectivity index (χ1n) is 22.5. The van der Waals surface area contributed by atoms with Crippen LogP contribution in [0.25, 0.3) is 5.52 Å². The van der Waals surface area contributed by atoms with Gasteiger partial charge >= 0.3 is 7.82 Å². The Morgan fingerprint density at radius 1 is 0.968 bits per heavy atom. The van der Waals surface area contributed by atoms with E-state index >= 15 is 0 Å². The van der Waals surface area contributed by atoms with Crippen LogP contribution >= 0.6 is 7.82 Å². The van der Waals surface area contributed by atoms with Crippen LogP contribution in [0.15, 0.2) is 41.7 Å². The van der Waals surface area contributed by atoms with Crippen molar-refractivity contribution in [2.75, 3.05) is 39.2 Å². The summed E-state index contributed by atoms with van der Waals surface area (Å²) in [5.74, 6) is 0.636. The van der Waals surface area contributed by atoms with Gasteiger partial charge < -0.3 is 39.8 Å². The Balaban J connectivity index is 1.26. The summed E-state index contributed by atoms with van der Waals surface area (Å²) in [4.78, 5) is 18.8. The van der Waals surface area contributed by atoms with Crippen molar-refractivity contribution in [3.05, 3.63) is 53.5 Å². The number of aromatic nitrogens is 3. The largest absolute Gasteiger partial charge is 0.490 e. The van der Waals surface area contributed by atoms with Crippen molar-refractivity contribution in [1.82, 2.24) is 14.6 Å². The number of nitrogens with zero attached hydrogens (tertiary/aromatic N) is 5. The van der Waals surface area contributed by atoms with Gasteiger partial charge in [0.05, 0.1) is 43.8 Å². The van der Waals surface area contributed by atoms with Crippen LogP contribution in [0, 0.1) is 11.3 Å². The summed E-state index contributed by atoms with van der Waals surface area (Å²) >= 11 is 0. The van der Waals surface area contributed by atoms with Gasteiger partial charge in [0.2, 0.25) is 0 Å². The number of unbranched alkanes of at least 4 members (excludes halogenated alkanes) is 15. The molecule has 62 heavy (non-hydrogen) atoms. The Hall–Kier alpha value is -3.49. The van der Waals surface area contributed by atoms with E-state index in [0.717, 1.165) is 24.8 Å². The Bertz CT molecular complexity index is 1870. The Morgan fingerprint density at radius 3 is 2.23 bits per heavy atom. The van der Waals surface area contributed by atoms with Crippen LogP contribution < -0.4 is 10.5 Å². The van der Waals surface area contributed by atoms with Gasteiger partial charge in [-0.2, -0.15) is 10.4 Å². The first-order valence-corrected chi connectivity index (χ1v) is 24.0. The molecule has 1 aromatic carbocycles. The number of phosphoric acid groups is 1. The number of hydrogen-bond donors (Lipinski definition) is 4. The predicted octanol–water partition coefficient (Wildman–Crippen LogP) is 8.20. The zero-order valence-electron chi connectivity index (χ0n) is 37.2. The molecule has 0 spiro atoms. The highest BCUT2D eigenvalue weighted by molar-refractivity contribution is 7.47. The lowest BCUT2D eigenvalue weighted by molar-refractivity contribution is -0.0702. The Kier molecular flexibility index (Phi) is 22.3. The van der Waals surface area contributed by atoms with E-state index < -0.39 is 44.4 Å². The van der Waals surface area contributed by atoms with Crippen LogP contribution in [0.4, 0.5) is 5.82 Å². The van der Waals surface area contributed by atoms with Gasteiger partial charge in [-0.1, -0.05) is 109 Å². The SMILES string of the molecule is CCCCCCCCCCCCCCCCCCOC[C@H](COP(=O)(O)OC[C@@]1(C=NC)O[C@@H](c2ccc3c(N)ncnn23)[C@H](O)[C@@H]1O)OCc1ccc(C#N)c(OC(C)C)c1. The maximum atomic E-state index is 13.4. The molecule has 2 aromatic heterocycles. The van der Waals surface area contributed by atoms with Crippen LogP contribution in [-0.2, 0) is 34.4 Å². The Morgan fingerprint density at radius 2 is 1.61 bits per heavy atom. The molecular formula is C45H71N6O10P. The third kappa shape index (κ3) is 16.3. The van der Waals surface area contributed by atoms with Gasteiger partial charge in [-0.15, -0.1) is 0 Å². The maximum Gasteiger partial charge on any atom is 0.472 e. The van der Waals surface area contributed by atoms with Crippen molar-refractivity contribution in [3.8, 4) is 11.8 Å². The average Bonchev–Trinajstić information content (AvgIpc) is 3.79. The van der Waals surface area contributed by atoms with Gasteiger partial charge in [0.15, 0.2) is 11.4 Å². The minimum Gasteiger partial charge on any atom is -0.490 e. The van der Waals surface area contributed by atoms with E-state index in [1.54, 1.807) is 30.3 Å². The van der Waals surface area contributed by atoms with Crippen LogP contribution in [0.3, 0.4) is 0 Å². The molecule has 0 saturated carbocycles. The molecule has 6 atom stereocenters. The topological polar surface area (TPSA) is 225 Å². The maximum absolute atomic E-state index is 13.4. The van der Waals surface area contributed by atoms with Crippen LogP contribution in [-0.4, -0.2) is 99.4 Å². The fourth-order valence-corrected chi connectivity index (χ4v) is 8.35. The van der Waals surface area contributed by atoms with Gasteiger partial charge in [0.1, 0.15) is 48.1 Å². The molecule has 1 unspecified atom stereocenters. The quantitative estimate of drug-likeness (QED) is 0.0263. The third-order valence-corrected chi connectivity index (χ3v) is 11.9. The van der Waals surface area contributed by atoms with E-state index in [4.69, 9.17) is 33.7 Å². The number of nitriles is 1. The summed E-state index contributed by atoms with van der Waals surface area (Å²) in [6.07, 6.45) is 17.6. The van der Waals surface area contributed by atoms with Crippen molar-refractivity contribution in [2.24, 2.45) is 4.99 Å². The second-order valence-corrected chi connectivity index (χ2v) is 17.9. The number of fused-ring (bicyclic) bond motifs is 1. The highest BCUT2D eigenvalue weighted by atomic mass is 31.2. The predicted molar refractivity (Wildman–Crippen MR) is 238 cm³/mol. The summed E-state index contributed by atoms with van der Waals surface area (Å²) in [6.45, 7) is 5.57. The summed E-state index contributed by atoms with van der Waals surface area (Å²) in [6, 6.07) is 10.6. The van der Waals surface area contributed by atoms with Crippen LogP contribution in [0.2, 0.25) is 0 Å². The highest BCUT2D eigenvalue weighted by Crippen LogP contribution is 2.47. The monoisotopic (exact) mass is 886 g/mol. The van der Waals surface area contributed by atoms with Crippen LogP contribution in [0.5, 0.6) is 5.75 Å². The van der Waals surface area contributed by atoms with Crippen molar-refractivity contribution in [1.29, 1.82) is 5.26 Å². The fraction of sp³-hybridized carbons (Fsp3) is 0.689. The molecule has 5 N–H and O–H groups in total. The molecule has 346 valence electrons. The summed E-state index contributed by atoms with van der Waals surface area (Å²) in [5.41, 5.74) is 6.08. The van der Waals surface area contributed by atoms with Crippen molar-refractivity contribution in [2.45, 2.75) is 166 Å². The second kappa shape index (κ2) is 27.0. The minimum atomic E-state index is -4.81. The standard InChI is InChI=1S/C45H71N6O10P/c1-5-6-7-8-9-10-11-12-13-14-15-16-17-18-19-20-25-56-29-37(57-28-35-21-22-36(27-46)40(26-35)60-34(2)3)30-58-62(54,55)59-32-45(31-48-4)43(53)41(52)42(61-45)38-23-24-39-44(47)49-33-50-51(38)39/h21-24,26,31,33-34,37,41-43,52-53H,5-20,25,28-30,32H2,1-4H3,(H,54,55)(H2,47,49,50)/t37-,41+,42+,43+,45-/m1/s1. The molecule has 3 heterocycles. The molecule has 0 aliphatic carbocycles. The Labute approximate surface area is 367 Å². The van der Waals surface area contributed by atoms with Gasteiger partial charge in [-0.25, -0.2) is 14.1 Å². The number of aliphatic hydroxyl groups excluding tert-OH is 2. The third-order valence-electron chi connectivity index (χ3n) is 11.0. The fourth-order valence-electron chi connectivity index (χ4n) is 7.56. The highest BCUT2D eigenvalue weighted by Gasteiger charge is 2.55. The van der Waals surface area contributed by atoms with E-state index in [9.17, 15) is 24.9 Å². The number of rotatable bonds is 32. The van der Waals surface area contributed by atoms with E-state index in [-0.39, 0.29) is 31.7 Å². The summed E-state index contributed by atoms with van der Waals surface area (Å²) in [7, 11) is -3.38. The number of hydrogen-bond acceptors (Lipinski definition) is 14. The van der Waals surface area contributed by atoms with E-state index in [0.29, 0.717) is 29.1 Å². The normalized spacial score (nSPS) is 20.6. The number of phosphoric ester groups is 1. The zero-order chi connectivity index (χ0) is 44.8. The molecule has 4 rings (SSSR count). The first kappa shape index (κ1) is 51.1. The van der Waals surface area contributed by atoms with Crippen molar-refractivity contribution in [3.63, 3.8) is 0 Å².